The number of likely N-dealkylation sites (tertiary alicyclic amines) is 1. The molecule has 188 valence electrons. The van der Waals surface area contributed by atoms with Crippen LogP contribution in [0.3, 0.4) is 0 Å². The number of β-amino-alcohol motifs (C(OH)–C–C–N with tert-alkyl or cyclic N) is 1. The summed E-state index contributed by atoms with van der Waals surface area (Å²) in [5.41, 5.74) is 0.508. The molecule has 35 heavy (non-hydrogen) atoms. The van der Waals surface area contributed by atoms with Gasteiger partial charge in [0.15, 0.2) is 0 Å². The van der Waals surface area contributed by atoms with Crippen LogP contribution < -0.4 is 4.90 Å². The minimum atomic E-state index is -1.17. The van der Waals surface area contributed by atoms with Gasteiger partial charge in [0.1, 0.15) is 24.2 Å². The van der Waals surface area contributed by atoms with E-state index in [1.807, 2.05) is 39.0 Å². The predicted molar refractivity (Wildman–Crippen MR) is 131 cm³/mol. The van der Waals surface area contributed by atoms with Gasteiger partial charge in [-0.2, -0.15) is 0 Å². The highest BCUT2D eigenvalue weighted by Crippen LogP contribution is 2.63. The van der Waals surface area contributed by atoms with Gasteiger partial charge < -0.3 is 24.4 Å². The van der Waals surface area contributed by atoms with E-state index < -0.39 is 35.0 Å². The second kappa shape index (κ2) is 9.24. The van der Waals surface area contributed by atoms with Crippen LogP contribution in [0.25, 0.3) is 0 Å². The van der Waals surface area contributed by atoms with E-state index in [2.05, 4.69) is 13.2 Å². The lowest BCUT2D eigenvalue weighted by Gasteiger charge is -2.37. The number of nitrogens with zero attached hydrogens (tertiary/aromatic N) is 2. The van der Waals surface area contributed by atoms with Crippen LogP contribution in [0, 0.1) is 25.7 Å². The fourth-order valence-electron chi connectivity index (χ4n) is 6.44. The summed E-state index contributed by atoms with van der Waals surface area (Å²) >= 11 is 0. The predicted octanol–water partition coefficient (Wildman–Crippen LogP) is 2.31. The topological polar surface area (TPSA) is 96.4 Å². The Labute approximate surface area is 206 Å². The molecule has 1 aromatic carbocycles. The van der Waals surface area contributed by atoms with E-state index in [0.29, 0.717) is 12.8 Å². The van der Waals surface area contributed by atoms with Gasteiger partial charge in [0, 0.05) is 18.8 Å². The van der Waals surface area contributed by atoms with Gasteiger partial charge in [-0.15, -0.1) is 6.58 Å². The van der Waals surface area contributed by atoms with Crippen molar-refractivity contribution in [2.75, 3.05) is 31.2 Å². The third kappa shape index (κ3) is 3.70. The van der Waals surface area contributed by atoms with Crippen LogP contribution in [0.4, 0.5) is 5.69 Å². The molecule has 3 aliphatic heterocycles. The average molecular weight is 483 g/mol. The molecule has 3 aliphatic rings. The SMILES string of the molecule is C=CCOC(=O)[C@H]1[C@H]2C(=O)N(CCO)C(C(=O)N(CC=C)c3c(C)cccc3C)C23CC[C@]1(C)O3. The highest BCUT2D eigenvalue weighted by atomic mass is 16.6. The quantitative estimate of drug-likeness (QED) is 0.429. The third-order valence-electron chi connectivity index (χ3n) is 7.74. The number of esters is 1. The van der Waals surface area contributed by atoms with Crippen molar-refractivity contribution in [1.29, 1.82) is 0 Å². The number of ether oxygens (including phenoxy) is 2. The Hall–Kier alpha value is -2.97. The van der Waals surface area contributed by atoms with E-state index in [0.717, 1.165) is 16.8 Å². The fraction of sp³-hybridized carbons (Fsp3) is 0.519. The summed E-state index contributed by atoms with van der Waals surface area (Å²) in [6.45, 7) is 13.0. The molecule has 3 fully saturated rings. The van der Waals surface area contributed by atoms with Crippen LogP contribution in [-0.4, -0.2) is 71.3 Å². The lowest BCUT2D eigenvalue weighted by Crippen LogP contribution is -2.57. The van der Waals surface area contributed by atoms with Gasteiger partial charge in [0.05, 0.1) is 18.1 Å². The number of aryl methyl sites for hydroxylation is 2. The van der Waals surface area contributed by atoms with E-state index >= 15 is 0 Å². The first kappa shape index (κ1) is 25.1. The molecule has 1 aromatic rings. The van der Waals surface area contributed by atoms with Crippen molar-refractivity contribution in [2.24, 2.45) is 11.8 Å². The van der Waals surface area contributed by atoms with Crippen molar-refractivity contribution >= 4 is 23.5 Å². The van der Waals surface area contributed by atoms with Crippen LogP contribution >= 0.6 is 0 Å². The number of aliphatic hydroxyl groups is 1. The first-order valence-corrected chi connectivity index (χ1v) is 12.0. The molecule has 3 heterocycles. The second-order valence-electron chi connectivity index (χ2n) is 9.88. The summed E-state index contributed by atoms with van der Waals surface area (Å²) < 4.78 is 11.9. The van der Waals surface area contributed by atoms with Gasteiger partial charge in [-0.05, 0) is 44.7 Å². The van der Waals surface area contributed by atoms with E-state index in [9.17, 15) is 19.5 Å². The molecule has 5 atom stereocenters. The summed E-state index contributed by atoms with van der Waals surface area (Å²) in [6.07, 6.45) is 4.10. The van der Waals surface area contributed by atoms with Crippen molar-refractivity contribution in [3.05, 3.63) is 54.6 Å². The number of benzene rings is 1. The number of hydrogen-bond acceptors (Lipinski definition) is 6. The van der Waals surface area contributed by atoms with E-state index in [4.69, 9.17) is 9.47 Å². The zero-order valence-electron chi connectivity index (χ0n) is 20.7. The number of aliphatic hydroxyl groups excluding tert-OH is 1. The molecule has 8 heteroatoms. The molecule has 0 radical (unpaired) electrons. The lowest BCUT2D eigenvalue weighted by atomic mass is 9.66. The Kier molecular flexibility index (Phi) is 6.64. The molecule has 1 N–H and O–H groups in total. The number of fused-ring (bicyclic) bond motifs is 1. The van der Waals surface area contributed by atoms with E-state index in [-0.39, 0.29) is 38.1 Å². The Morgan fingerprint density at radius 3 is 2.54 bits per heavy atom. The first-order valence-electron chi connectivity index (χ1n) is 12.0. The van der Waals surface area contributed by atoms with Crippen molar-refractivity contribution in [1.82, 2.24) is 4.90 Å². The number of hydrogen-bond donors (Lipinski definition) is 1. The zero-order chi connectivity index (χ0) is 25.5. The monoisotopic (exact) mass is 482 g/mol. The van der Waals surface area contributed by atoms with Crippen LogP contribution in [0.15, 0.2) is 43.5 Å². The number of amides is 2. The number of rotatable bonds is 9. The summed E-state index contributed by atoms with van der Waals surface area (Å²) in [5.74, 6) is -2.89. The van der Waals surface area contributed by atoms with Crippen LogP contribution in [0.5, 0.6) is 0 Å². The molecule has 3 saturated heterocycles. The maximum Gasteiger partial charge on any atom is 0.313 e. The molecule has 2 amide bonds. The standard InChI is InChI=1S/C27H34N2O6/c1-6-13-28(21-17(3)9-8-10-18(21)4)24(32)22-27-12-11-26(5,35-27)20(25(33)34-16-7-2)19(27)23(31)29(22)14-15-30/h6-10,19-20,22,30H,1-2,11-16H2,3-5H3/t19-,20+,22?,26-,27?/m0/s1. The molecule has 2 bridgehead atoms. The van der Waals surface area contributed by atoms with Crippen LogP contribution in [0.1, 0.15) is 30.9 Å². The summed E-state index contributed by atoms with van der Waals surface area (Å²) in [7, 11) is 0. The van der Waals surface area contributed by atoms with Gasteiger partial charge in [-0.25, -0.2) is 0 Å². The Balaban J connectivity index is 1.81. The van der Waals surface area contributed by atoms with Crippen molar-refractivity contribution in [3.8, 4) is 0 Å². The lowest BCUT2D eigenvalue weighted by molar-refractivity contribution is -0.158. The highest BCUT2D eigenvalue weighted by Gasteiger charge is 2.78. The molecular weight excluding hydrogens is 448 g/mol. The third-order valence-corrected chi connectivity index (χ3v) is 7.74. The van der Waals surface area contributed by atoms with Crippen molar-refractivity contribution < 1.29 is 29.0 Å². The molecular formula is C27H34N2O6. The molecule has 2 unspecified atom stereocenters. The molecule has 0 aliphatic carbocycles. The minimum Gasteiger partial charge on any atom is -0.461 e. The first-order chi connectivity index (χ1) is 16.7. The van der Waals surface area contributed by atoms with Gasteiger partial charge in [0.2, 0.25) is 5.91 Å². The van der Waals surface area contributed by atoms with Crippen LogP contribution in [0.2, 0.25) is 0 Å². The Morgan fingerprint density at radius 2 is 1.94 bits per heavy atom. The molecule has 0 aromatic heterocycles. The van der Waals surface area contributed by atoms with Gasteiger partial charge in [-0.1, -0.05) is 36.9 Å². The number of carbonyl (C=O) groups is 3. The highest BCUT2D eigenvalue weighted by molar-refractivity contribution is 6.05. The van der Waals surface area contributed by atoms with Crippen LogP contribution in [-0.2, 0) is 23.9 Å². The van der Waals surface area contributed by atoms with E-state index in [1.165, 1.54) is 11.0 Å². The summed E-state index contributed by atoms with van der Waals surface area (Å²) in [4.78, 5) is 44.2. The summed E-state index contributed by atoms with van der Waals surface area (Å²) in [6, 6.07) is 4.81. The van der Waals surface area contributed by atoms with E-state index in [1.54, 1.807) is 11.0 Å². The maximum atomic E-state index is 14.3. The largest absolute Gasteiger partial charge is 0.461 e. The molecule has 1 spiro atoms. The number of carbonyl (C=O) groups excluding carboxylic acids is 3. The smallest absolute Gasteiger partial charge is 0.313 e. The summed E-state index contributed by atoms with van der Waals surface area (Å²) in [5, 5.41) is 9.78. The minimum absolute atomic E-state index is 0.0295. The van der Waals surface area contributed by atoms with Gasteiger partial charge >= 0.3 is 5.97 Å². The van der Waals surface area contributed by atoms with Crippen molar-refractivity contribution in [2.45, 2.75) is 50.9 Å². The van der Waals surface area contributed by atoms with Crippen molar-refractivity contribution in [3.63, 3.8) is 0 Å². The maximum absolute atomic E-state index is 14.3. The van der Waals surface area contributed by atoms with Gasteiger partial charge in [-0.3, -0.25) is 14.4 Å². The molecule has 0 saturated carbocycles. The second-order valence-corrected chi connectivity index (χ2v) is 9.88. The Bertz CT molecular complexity index is 1050. The Morgan fingerprint density at radius 1 is 1.26 bits per heavy atom. The number of anilines is 1. The van der Waals surface area contributed by atoms with Gasteiger partial charge in [0.25, 0.3) is 5.91 Å². The average Bonchev–Trinajstić information content (AvgIpc) is 3.38. The fourth-order valence-corrected chi connectivity index (χ4v) is 6.44. The molecule has 8 nitrogen and oxygen atoms in total. The zero-order valence-corrected chi connectivity index (χ0v) is 20.7. The normalized spacial score (nSPS) is 30.8. The molecule has 4 rings (SSSR count). The number of para-hydroxylation sites is 1.